The molecular weight excluding hydrogens is 354 g/mol. The van der Waals surface area contributed by atoms with Crippen LogP contribution in [0.25, 0.3) is 0 Å². The first-order valence-corrected chi connectivity index (χ1v) is 9.89. The molecule has 142 valence electrons. The number of benzene rings is 1. The van der Waals surface area contributed by atoms with Crippen molar-refractivity contribution < 1.29 is 13.2 Å². The number of anilines is 1. The van der Waals surface area contributed by atoms with Crippen molar-refractivity contribution >= 4 is 21.6 Å². The maximum Gasteiger partial charge on any atom is 0.259 e. The van der Waals surface area contributed by atoms with Gasteiger partial charge in [0.15, 0.2) is 5.03 Å². The summed E-state index contributed by atoms with van der Waals surface area (Å²) in [6.45, 7) is 5.34. The number of hydrogen-bond acceptors (Lipinski definition) is 5. The second kappa shape index (κ2) is 8.93. The minimum Gasteiger partial charge on any atom is -0.337 e. The molecule has 0 bridgehead atoms. The number of nitrogens with one attached hydrogen (secondary N) is 3. The van der Waals surface area contributed by atoms with Crippen molar-refractivity contribution in [1.82, 2.24) is 19.6 Å². The Bertz CT molecular complexity index is 842. The van der Waals surface area contributed by atoms with E-state index in [0.717, 1.165) is 18.7 Å². The predicted octanol–water partition coefficient (Wildman–Crippen LogP) is 1.15. The second-order valence-corrected chi connectivity index (χ2v) is 7.63. The SMILES string of the molecule is CCNCc1cccc(NC(=O)CCNS(=O)(=O)c2cn(C)c(C)n2)c1. The van der Waals surface area contributed by atoms with E-state index in [2.05, 4.69) is 20.3 Å². The van der Waals surface area contributed by atoms with E-state index in [1.165, 1.54) is 6.20 Å². The third kappa shape index (κ3) is 5.65. The fourth-order valence-corrected chi connectivity index (χ4v) is 3.35. The van der Waals surface area contributed by atoms with Crippen LogP contribution in [0.1, 0.15) is 24.7 Å². The highest BCUT2D eigenvalue weighted by atomic mass is 32.2. The molecule has 0 spiro atoms. The summed E-state index contributed by atoms with van der Waals surface area (Å²) in [5.41, 5.74) is 1.75. The largest absolute Gasteiger partial charge is 0.337 e. The molecule has 1 aromatic carbocycles. The topological polar surface area (TPSA) is 105 Å². The lowest BCUT2D eigenvalue weighted by molar-refractivity contribution is -0.116. The van der Waals surface area contributed by atoms with Crippen LogP contribution in [0.3, 0.4) is 0 Å². The maximum atomic E-state index is 12.2. The van der Waals surface area contributed by atoms with E-state index in [1.807, 2.05) is 25.1 Å². The van der Waals surface area contributed by atoms with E-state index in [0.29, 0.717) is 11.5 Å². The Labute approximate surface area is 154 Å². The monoisotopic (exact) mass is 379 g/mol. The Morgan fingerprint density at radius 2 is 2.08 bits per heavy atom. The minimum atomic E-state index is -3.72. The average molecular weight is 379 g/mol. The molecule has 2 aromatic rings. The molecule has 0 atom stereocenters. The maximum absolute atomic E-state index is 12.2. The van der Waals surface area contributed by atoms with Crippen LogP contribution < -0.4 is 15.4 Å². The van der Waals surface area contributed by atoms with Gasteiger partial charge in [0.1, 0.15) is 5.82 Å². The molecule has 1 aromatic heterocycles. The van der Waals surface area contributed by atoms with Gasteiger partial charge in [0.25, 0.3) is 10.0 Å². The highest BCUT2D eigenvalue weighted by Gasteiger charge is 2.18. The Morgan fingerprint density at radius 1 is 1.31 bits per heavy atom. The summed E-state index contributed by atoms with van der Waals surface area (Å²) < 4.78 is 28.3. The van der Waals surface area contributed by atoms with E-state index in [4.69, 9.17) is 0 Å². The molecular formula is C17H25N5O3S. The lowest BCUT2D eigenvalue weighted by Crippen LogP contribution is -2.28. The van der Waals surface area contributed by atoms with Gasteiger partial charge in [0.2, 0.25) is 5.91 Å². The summed E-state index contributed by atoms with van der Waals surface area (Å²) in [6.07, 6.45) is 1.47. The van der Waals surface area contributed by atoms with Crippen molar-refractivity contribution in [2.24, 2.45) is 7.05 Å². The fraction of sp³-hybridized carbons (Fsp3) is 0.412. The lowest BCUT2D eigenvalue weighted by atomic mass is 10.2. The first-order chi connectivity index (χ1) is 12.3. The molecule has 1 heterocycles. The molecule has 0 saturated carbocycles. The number of amides is 1. The lowest BCUT2D eigenvalue weighted by Gasteiger charge is -2.08. The Hall–Kier alpha value is -2.23. The molecule has 8 nitrogen and oxygen atoms in total. The zero-order valence-electron chi connectivity index (χ0n) is 15.2. The van der Waals surface area contributed by atoms with Crippen molar-refractivity contribution in [2.75, 3.05) is 18.4 Å². The summed E-state index contributed by atoms with van der Waals surface area (Å²) in [5, 5.41) is 5.95. The fourth-order valence-electron chi connectivity index (χ4n) is 2.28. The van der Waals surface area contributed by atoms with Gasteiger partial charge in [-0.05, 0) is 31.2 Å². The number of imidazole rings is 1. The molecule has 26 heavy (non-hydrogen) atoms. The van der Waals surface area contributed by atoms with Crippen molar-refractivity contribution in [3.8, 4) is 0 Å². The van der Waals surface area contributed by atoms with E-state index < -0.39 is 10.0 Å². The van der Waals surface area contributed by atoms with Crippen molar-refractivity contribution in [3.63, 3.8) is 0 Å². The molecule has 0 saturated heterocycles. The van der Waals surface area contributed by atoms with Gasteiger partial charge in [0, 0.05) is 38.4 Å². The Balaban J connectivity index is 1.85. The van der Waals surface area contributed by atoms with Gasteiger partial charge in [-0.2, -0.15) is 0 Å². The van der Waals surface area contributed by atoms with E-state index in [-0.39, 0.29) is 23.9 Å². The standard InChI is InChI=1S/C17H25N5O3S/c1-4-18-11-14-6-5-7-15(10-14)21-16(23)8-9-19-26(24,25)17-12-22(3)13(2)20-17/h5-7,10,12,18-19H,4,8-9,11H2,1-3H3,(H,21,23). The first-order valence-electron chi connectivity index (χ1n) is 8.41. The number of carbonyl (C=O) groups excluding carboxylic acids is 1. The molecule has 0 aliphatic rings. The van der Waals surface area contributed by atoms with Crippen LogP contribution in [0.5, 0.6) is 0 Å². The summed E-state index contributed by atoms with van der Waals surface area (Å²) in [4.78, 5) is 16.0. The van der Waals surface area contributed by atoms with Crippen LogP contribution in [-0.4, -0.2) is 37.0 Å². The van der Waals surface area contributed by atoms with Gasteiger partial charge in [-0.25, -0.2) is 18.1 Å². The molecule has 0 unspecified atom stereocenters. The molecule has 0 radical (unpaired) electrons. The summed E-state index contributed by atoms with van der Waals surface area (Å²) in [7, 11) is -2.00. The zero-order valence-corrected chi connectivity index (χ0v) is 16.1. The van der Waals surface area contributed by atoms with Crippen molar-refractivity contribution in [1.29, 1.82) is 0 Å². The normalized spacial score (nSPS) is 11.5. The molecule has 0 aliphatic carbocycles. The number of sulfonamides is 1. The highest BCUT2D eigenvalue weighted by Crippen LogP contribution is 2.11. The highest BCUT2D eigenvalue weighted by molar-refractivity contribution is 7.89. The van der Waals surface area contributed by atoms with Crippen LogP contribution >= 0.6 is 0 Å². The van der Waals surface area contributed by atoms with Crippen LogP contribution in [-0.2, 0) is 28.4 Å². The molecule has 0 aliphatic heterocycles. The molecule has 0 fully saturated rings. The van der Waals surface area contributed by atoms with Crippen molar-refractivity contribution in [2.45, 2.75) is 31.8 Å². The van der Waals surface area contributed by atoms with Crippen LogP contribution in [0.4, 0.5) is 5.69 Å². The summed E-state index contributed by atoms with van der Waals surface area (Å²) in [6, 6.07) is 7.53. The first kappa shape index (κ1) is 20.1. The van der Waals surface area contributed by atoms with Crippen LogP contribution in [0.15, 0.2) is 35.5 Å². The van der Waals surface area contributed by atoms with Gasteiger partial charge in [-0.3, -0.25) is 4.79 Å². The van der Waals surface area contributed by atoms with E-state index in [9.17, 15) is 13.2 Å². The molecule has 3 N–H and O–H groups in total. The van der Waals surface area contributed by atoms with Gasteiger partial charge in [0.05, 0.1) is 0 Å². The molecule has 2 rings (SSSR count). The smallest absolute Gasteiger partial charge is 0.259 e. The minimum absolute atomic E-state index is 0.000863. The number of carbonyl (C=O) groups is 1. The zero-order chi connectivity index (χ0) is 19.2. The van der Waals surface area contributed by atoms with Gasteiger partial charge >= 0.3 is 0 Å². The van der Waals surface area contributed by atoms with Crippen molar-refractivity contribution in [3.05, 3.63) is 41.9 Å². The Morgan fingerprint density at radius 3 is 2.73 bits per heavy atom. The van der Waals surface area contributed by atoms with Crippen LogP contribution in [0.2, 0.25) is 0 Å². The predicted molar refractivity (Wildman–Crippen MR) is 100 cm³/mol. The number of rotatable bonds is 9. The quantitative estimate of drug-likeness (QED) is 0.606. The van der Waals surface area contributed by atoms with E-state index in [1.54, 1.807) is 24.6 Å². The second-order valence-electron chi connectivity index (χ2n) is 5.91. The van der Waals surface area contributed by atoms with Gasteiger partial charge in [-0.1, -0.05) is 19.1 Å². The molecule has 9 heteroatoms. The summed E-state index contributed by atoms with van der Waals surface area (Å²) in [5.74, 6) is 0.339. The van der Waals surface area contributed by atoms with E-state index >= 15 is 0 Å². The number of aryl methyl sites for hydroxylation is 2. The Kier molecular flexibility index (Phi) is 6.90. The third-order valence-corrected chi connectivity index (χ3v) is 5.13. The third-order valence-electron chi connectivity index (χ3n) is 3.80. The number of nitrogens with zero attached hydrogens (tertiary/aromatic N) is 2. The van der Waals surface area contributed by atoms with Gasteiger partial charge in [-0.15, -0.1) is 0 Å². The summed E-state index contributed by atoms with van der Waals surface area (Å²) >= 11 is 0. The van der Waals surface area contributed by atoms with Crippen LogP contribution in [0, 0.1) is 6.92 Å². The molecule has 1 amide bonds. The number of hydrogen-bond donors (Lipinski definition) is 3. The van der Waals surface area contributed by atoms with Gasteiger partial charge < -0.3 is 15.2 Å². The average Bonchev–Trinajstić information content (AvgIpc) is 2.93. The number of aromatic nitrogens is 2.